The maximum Gasteiger partial charge on any atom is 0.240 e. The maximum absolute atomic E-state index is 11.7. The molecular weight excluding hydrogens is 240 g/mol. The number of primary amides is 1. The minimum atomic E-state index is -3.44. The van der Waals surface area contributed by atoms with E-state index in [1.165, 1.54) is 6.07 Å². The summed E-state index contributed by atoms with van der Waals surface area (Å²) in [6.07, 6.45) is 0.662. The van der Waals surface area contributed by atoms with Gasteiger partial charge in [0.1, 0.15) is 0 Å². The number of hydrogen-bond donors (Lipinski definition) is 2. The molecule has 0 aliphatic carbocycles. The zero-order valence-corrected chi connectivity index (χ0v) is 10.5. The SMILES string of the molecule is CCNS(=O)(=O)c1cccc(CCC(N)=O)c1. The van der Waals surface area contributed by atoms with Crippen molar-refractivity contribution in [1.29, 1.82) is 0 Å². The Morgan fingerprint density at radius 2 is 2.12 bits per heavy atom. The van der Waals surface area contributed by atoms with Gasteiger partial charge in [0.05, 0.1) is 4.90 Å². The van der Waals surface area contributed by atoms with Gasteiger partial charge >= 0.3 is 0 Å². The minimum absolute atomic E-state index is 0.210. The Bertz CT molecular complexity index is 497. The first-order valence-electron chi connectivity index (χ1n) is 5.32. The van der Waals surface area contributed by atoms with Crippen LogP contribution in [0.15, 0.2) is 29.2 Å². The third-order valence-electron chi connectivity index (χ3n) is 2.20. The number of nitrogens with two attached hydrogens (primary N) is 1. The lowest BCUT2D eigenvalue weighted by atomic mass is 10.1. The molecule has 0 heterocycles. The summed E-state index contributed by atoms with van der Waals surface area (Å²) in [5, 5.41) is 0. The standard InChI is InChI=1S/C11H16N2O3S/c1-2-13-17(15,16)10-5-3-4-9(8-10)6-7-11(12)14/h3-5,8,13H,2,6-7H2,1H3,(H2,12,14). The van der Waals surface area contributed by atoms with Gasteiger partial charge in [-0.05, 0) is 24.1 Å². The number of benzene rings is 1. The highest BCUT2D eigenvalue weighted by Crippen LogP contribution is 2.12. The highest BCUT2D eigenvalue weighted by Gasteiger charge is 2.12. The van der Waals surface area contributed by atoms with Crippen molar-refractivity contribution in [3.8, 4) is 0 Å². The fourth-order valence-corrected chi connectivity index (χ4v) is 2.52. The van der Waals surface area contributed by atoms with E-state index < -0.39 is 15.9 Å². The lowest BCUT2D eigenvalue weighted by Crippen LogP contribution is -2.23. The molecule has 0 radical (unpaired) electrons. The fraction of sp³-hybridized carbons (Fsp3) is 0.364. The quantitative estimate of drug-likeness (QED) is 0.772. The largest absolute Gasteiger partial charge is 0.370 e. The molecule has 0 bridgehead atoms. The van der Waals surface area contributed by atoms with Crippen LogP contribution in [-0.4, -0.2) is 20.9 Å². The molecule has 3 N–H and O–H groups in total. The van der Waals surface area contributed by atoms with E-state index in [-0.39, 0.29) is 11.3 Å². The molecule has 1 rings (SSSR count). The number of carbonyl (C=O) groups is 1. The molecule has 1 amide bonds. The van der Waals surface area contributed by atoms with Crippen molar-refractivity contribution in [1.82, 2.24) is 4.72 Å². The summed E-state index contributed by atoms with van der Waals surface area (Å²) in [6.45, 7) is 2.06. The van der Waals surface area contributed by atoms with Gasteiger partial charge in [0.25, 0.3) is 0 Å². The van der Waals surface area contributed by atoms with Crippen LogP contribution in [0.1, 0.15) is 18.9 Å². The molecule has 0 aliphatic heterocycles. The summed E-state index contributed by atoms with van der Waals surface area (Å²) in [5.74, 6) is -0.398. The lowest BCUT2D eigenvalue weighted by Gasteiger charge is -2.06. The van der Waals surface area contributed by atoms with Gasteiger partial charge in [-0.1, -0.05) is 19.1 Å². The highest BCUT2D eigenvalue weighted by molar-refractivity contribution is 7.89. The van der Waals surface area contributed by atoms with Crippen LogP contribution in [0.5, 0.6) is 0 Å². The molecule has 0 saturated carbocycles. The smallest absolute Gasteiger partial charge is 0.240 e. The summed E-state index contributed by atoms with van der Waals surface area (Å²) in [5.41, 5.74) is 5.82. The van der Waals surface area contributed by atoms with Gasteiger partial charge in [0.15, 0.2) is 0 Å². The van der Waals surface area contributed by atoms with Gasteiger partial charge in [-0.15, -0.1) is 0 Å². The second-order valence-electron chi connectivity index (χ2n) is 3.62. The molecule has 5 nitrogen and oxygen atoms in total. The van der Waals surface area contributed by atoms with Crippen molar-refractivity contribution < 1.29 is 13.2 Å². The summed E-state index contributed by atoms with van der Waals surface area (Å²) < 4.78 is 25.9. The Morgan fingerprint density at radius 1 is 1.41 bits per heavy atom. The number of sulfonamides is 1. The van der Waals surface area contributed by atoms with Crippen LogP contribution in [0.25, 0.3) is 0 Å². The lowest BCUT2D eigenvalue weighted by molar-refractivity contribution is -0.117. The van der Waals surface area contributed by atoms with E-state index in [4.69, 9.17) is 5.73 Å². The molecule has 0 saturated heterocycles. The third-order valence-corrected chi connectivity index (χ3v) is 3.75. The van der Waals surface area contributed by atoms with Crippen molar-refractivity contribution in [3.63, 3.8) is 0 Å². The Balaban J connectivity index is 2.89. The first kappa shape index (κ1) is 13.7. The maximum atomic E-state index is 11.7. The monoisotopic (exact) mass is 256 g/mol. The zero-order valence-electron chi connectivity index (χ0n) is 9.64. The van der Waals surface area contributed by atoms with Crippen LogP contribution in [0.2, 0.25) is 0 Å². The molecule has 0 aromatic heterocycles. The molecule has 1 aromatic rings. The fourth-order valence-electron chi connectivity index (χ4n) is 1.41. The zero-order chi connectivity index (χ0) is 12.9. The second-order valence-corrected chi connectivity index (χ2v) is 5.38. The molecule has 17 heavy (non-hydrogen) atoms. The van der Waals surface area contributed by atoms with Gasteiger partial charge in [-0.3, -0.25) is 4.79 Å². The molecule has 0 unspecified atom stereocenters. The summed E-state index contributed by atoms with van der Waals surface area (Å²) in [4.78, 5) is 10.9. The molecule has 6 heteroatoms. The minimum Gasteiger partial charge on any atom is -0.370 e. The molecule has 1 aromatic carbocycles. The third kappa shape index (κ3) is 4.16. The number of rotatable bonds is 6. The van der Waals surface area contributed by atoms with Crippen LogP contribution in [0.4, 0.5) is 0 Å². The van der Waals surface area contributed by atoms with Crippen molar-refractivity contribution in [2.24, 2.45) is 5.73 Å². The number of hydrogen-bond acceptors (Lipinski definition) is 3. The first-order chi connectivity index (χ1) is 7.95. The van der Waals surface area contributed by atoms with Crippen LogP contribution >= 0.6 is 0 Å². The Hall–Kier alpha value is -1.40. The Labute approximate surface area is 101 Å². The number of nitrogens with one attached hydrogen (secondary N) is 1. The van der Waals surface area contributed by atoms with Gasteiger partial charge in [-0.25, -0.2) is 13.1 Å². The van der Waals surface area contributed by atoms with Crippen LogP contribution in [-0.2, 0) is 21.2 Å². The second kappa shape index (κ2) is 5.79. The molecule has 94 valence electrons. The van der Waals surface area contributed by atoms with Crippen molar-refractivity contribution in [3.05, 3.63) is 29.8 Å². The molecule has 0 fully saturated rings. The predicted molar refractivity (Wildman–Crippen MR) is 64.8 cm³/mol. The molecular formula is C11H16N2O3S. The van der Waals surface area contributed by atoms with Crippen LogP contribution < -0.4 is 10.5 Å². The van der Waals surface area contributed by atoms with Gasteiger partial charge in [-0.2, -0.15) is 0 Å². The van der Waals surface area contributed by atoms with Gasteiger partial charge in [0, 0.05) is 13.0 Å². The van der Waals surface area contributed by atoms with E-state index in [0.29, 0.717) is 13.0 Å². The summed E-state index contributed by atoms with van der Waals surface area (Å²) >= 11 is 0. The summed E-state index contributed by atoms with van der Waals surface area (Å²) in [6, 6.07) is 6.50. The molecule has 0 spiro atoms. The highest BCUT2D eigenvalue weighted by atomic mass is 32.2. The average molecular weight is 256 g/mol. The van der Waals surface area contributed by atoms with Crippen molar-refractivity contribution in [2.75, 3.05) is 6.54 Å². The van der Waals surface area contributed by atoms with E-state index in [1.807, 2.05) is 0 Å². The Kier molecular flexibility index (Phi) is 4.65. The van der Waals surface area contributed by atoms with E-state index in [1.54, 1.807) is 25.1 Å². The van der Waals surface area contributed by atoms with Crippen LogP contribution in [0, 0.1) is 0 Å². The first-order valence-corrected chi connectivity index (χ1v) is 6.81. The average Bonchev–Trinajstić information content (AvgIpc) is 2.27. The number of amides is 1. The predicted octanol–water partition coefficient (Wildman–Crippen LogP) is 0.403. The topological polar surface area (TPSA) is 89.3 Å². The summed E-state index contributed by atoms with van der Waals surface area (Å²) in [7, 11) is -3.44. The Morgan fingerprint density at radius 3 is 2.71 bits per heavy atom. The van der Waals surface area contributed by atoms with E-state index >= 15 is 0 Å². The van der Waals surface area contributed by atoms with E-state index in [9.17, 15) is 13.2 Å². The number of carbonyl (C=O) groups excluding carboxylic acids is 1. The van der Waals surface area contributed by atoms with E-state index in [2.05, 4.69) is 4.72 Å². The molecule has 0 aliphatic rings. The molecule has 0 atom stereocenters. The van der Waals surface area contributed by atoms with E-state index in [0.717, 1.165) is 5.56 Å². The van der Waals surface area contributed by atoms with Gasteiger partial charge in [0.2, 0.25) is 15.9 Å². The van der Waals surface area contributed by atoms with Crippen LogP contribution in [0.3, 0.4) is 0 Å². The van der Waals surface area contributed by atoms with Gasteiger partial charge < -0.3 is 5.73 Å². The number of aryl methyl sites for hydroxylation is 1. The van der Waals surface area contributed by atoms with Crippen molar-refractivity contribution >= 4 is 15.9 Å². The normalized spacial score (nSPS) is 11.4. The van der Waals surface area contributed by atoms with Crippen molar-refractivity contribution in [2.45, 2.75) is 24.7 Å².